The van der Waals surface area contributed by atoms with Crippen LogP contribution < -0.4 is 0 Å². The van der Waals surface area contributed by atoms with Crippen LogP contribution in [0.1, 0.15) is 56.7 Å². The highest BCUT2D eigenvalue weighted by molar-refractivity contribution is 5.82. The molecule has 0 heterocycles. The molecule has 1 aromatic rings. The lowest BCUT2D eigenvalue weighted by atomic mass is 9.67. The van der Waals surface area contributed by atoms with Crippen LogP contribution >= 0.6 is 0 Å². The van der Waals surface area contributed by atoms with Gasteiger partial charge in [-0.05, 0) is 61.1 Å². The van der Waals surface area contributed by atoms with Crippen molar-refractivity contribution in [3.8, 4) is 0 Å². The van der Waals surface area contributed by atoms with E-state index in [1.54, 1.807) is 0 Å². The van der Waals surface area contributed by atoms with E-state index < -0.39 is 0 Å². The fourth-order valence-corrected chi connectivity index (χ4v) is 3.51. The Kier molecular flexibility index (Phi) is 4.36. The summed E-state index contributed by atoms with van der Waals surface area (Å²) < 4.78 is 0. The minimum Gasteiger partial charge on any atom is -0.299 e. The average Bonchev–Trinajstić information content (AvgIpc) is 2.34. The van der Waals surface area contributed by atoms with Crippen molar-refractivity contribution in [2.75, 3.05) is 0 Å². The number of benzene rings is 1. The molecule has 2 atom stereocenters. The van der Waals surface area contributed by atoms with E-state index in [-0.39, 0.29) is 5.92 Å². The van der Waals surface area contributed by atoms with Gasteiger partial charge in [0.1, 0.15) is 5.78 Å². The molecule has 0 amide bonds. The molecule has 0 N–H and O–H groups in total. The molecule has 1 saturated carbocycles. The number of hydrogen-bond donors (Lipinski definition) is 0. The van der Waals surface area contributed by atoms with E-state index >= 15 is 0 Å². The highest BCUT2D eigenvalue weighted by Crippen LogP contribution is 2.40. The van der Waals surface area contributed by atoms with Crippen molar-refractivity contribution in [1.82, 2.24) is 0 Å². The van der Waals surface area contributed by atoms with Gasteiger partial charge in [-0.15, -0.1) is 0 Å². The van der Waals surface area contributed by atoms with Crippen molar-refractivity contribution < 1.29 is 4.79 Å². The molecular formula is C19H28O. The maximum absolute atomic E-state index is 12.3. The van der Waals surface area contributed by atoms with E-state index in [0.717, 1.165) is 25.7 Å². The van der Waals surface area contributed by atoms with E-state index in [2.05, 4.69) is 52.8 Å². The predicted molar refractivity (Wildman–Crippen MR) is 84.9 cm³/mol. The first-order chi connectivity index (χ1) is 9.29. The number of carbonyl (C=O) groups is 1. The summed E-state index contributed by atoms with van der Waals surface area (Å²) in [6.07, 6.45) is 3.85. The van der Waals surface area contributed by atoms with Crippen molar-refractivity contribution in [1.29, 1.82) is 0 Å². The highest BCUT2D eigenvalue weighted by Gasteiger charge is 2.35. The van der Waals surface area contributed by atoms with Gasteiger partial charge >= 0.3 is 0 Å². The number of aryl methyl sites for hydroxylation is 2. The molecule has 0 spiro atoms. The summed E-state index contributed by atoms with van der Waals surface area (Å²) in [4.78, 5) is 12.3. The van der Waals surface area contributed by atoms with Gasteiger partial charge in [-0.3, -0.25) is 4.79 Å². The van der Waals surface area contributed by atoms with Gasteiger partial charge in [-0.25, -0.2) is 0 Å². The van der Waals surface area contributed by atoms with Gasteiger partial charge in [0.25, 0.3) is 0 Å². The fourth-order valence-electron chi connectivity index (χ4n) is 3.51. The first-order valence-electron chi connectivity index (χ1n) is 7.87. The van der Waals surface area contributed by atoms with Gasteiger partial charge in [0.15, 0.2) is 0 Å². The first-order valence-corrected chi connectivity index (χ1v) is 7.87. The maximum atomic E-state index is 12.3. The molecule has 1 fully saturated rings. The Morgan fingerprint density at radius 2 is 1.75 bits per heavy atom. The predicted octanol–water partition coefficient (Wildman–Crippen LogP) is 4.88. The molecule has 0 radical (unpaired) electrons. The fraction of sp³-hybridized carbons (Fsp3) is 0.632. The third-order valence-corrected chi connectivity index (χ3v) is 5.08. The molecule has 1 aromatic carbocycles. The molecule has 1 nitrogen and oxygen atoms in total. The summed E-state index contributed by atoms with van der Waals surface area (Å²) >= 11 is 0. The summed E-state index contributed by atoms with van der Waals surface area (Å²) in [7, 11) is 0. The van der Waals surface area contributed by atoms with E-state index in [1.807, 2.05) is 0 Å². The van der Waals surface area contributed by atoms with Gasteiger partial charge in [-0.2, -0.15) is 0 Å². The minimum atomic E-state index is 0.229. The summed E-state index contributed by atoms with van der Waals surface area (Å²) in [5, 5.41) is 0. The second kappa shape index (κ2) is 5.71. The van der Waals surface area contributed by atoms with Gasteiger partial charge in [0, 0.05) is 12.3 Å². The number of hydrogen-bond acceptors (Lipinski definition) is 1. The first kappa shape index (κ1) is 15.3. The quantitative estimate of drug-likeness (QED) is 0.750. The van der Waals surface area contributed by atoms with Crippen molar-refractivity contribution in [2.24, 2.45) is 17.3 Å². The number of ketones is 1. The van der Waals surface area contributed by atoms with Crippen molar-refractivity contribution in [3.05, 3.63) is 34.9 Å². The van der Waals surface area contributed by atoms with Crippen molar-refractivity contribution in [2.45, 2.75) is 60.3 Å². The lowest BCUT2D eigenvalue weighted by Crippen LogP contribution is -2.33. The third kappa shape index (κ3) is 3.31. The molecular weight excluding hydrogens is 244 g/mol. The molecule has 0 bridgehead atoms. The van der Waals surface area contributed by atoms with Crippen LogP contribution in [0.5, 0.6) is 0 Å². The van der Waals surface area contributed by atoms with Crippen LogP contribution in [-0.2, 0) is 11.2 Å². The molecule has 0 saturated heterocycles. The number of Topliss-reactive ketones (excluding diaryl/α,β-unsaturated/α-hetero) is 1. The molecule has 1 heteroatoms. The Hall–Kier alpha value is -1.11. The van der Waals surface area contributed by atoms with E-state index in [1.165, 1.54) is 16.7 Å². The molecule has 0 aliphatic heterocycles. The van der Waals surface area contributed by atoms with Gasteiger partial charge in [0.2, 0.25) is 0 Å². The van der Waals surface area contributed by atoms with Crippen LogP contribution in [0.25, 0.3) is 0 Å². The summed E-state index contributed by atoms with van der Waals surface area (Å²) in [6.45, 7) is 11.3. The van der Waals surface area contributed by atoms with Gasteiger partial charge in [-0.1, -0.05) is 39.0 Å². The van der Waals surface area contributed by atoms with Gasteiger partial charge in [0.05, 0.1) is 0 Å². The van der Waals surface area contributed by atoms with Crippen molar-refractivity contribution in [3.63, 3.8) is 0 Å². The van der Waals surface area contributed by atoms with Crippen LogP contribution in [0.15, 0.2) is 18.2 Å². The standard InChI is InChI=1S/C19H28O/c1-13-7-6-8-14(2)17(13)12-15-11-16(19(3,4)5)9-10-18(15)20/h6-8,15-16H,9-12H2,1-5H3. The maximum Gasteiger partial charge on any atom is 0.136 e. The zero-order chi connectivity index (χ0) is 14.9. The van der Waals surface area contributed by atoms with E-state index in [4.69, 9.17) is 0 Å². The zero-order valence-corrected chi connectivity index (χ0v) is 13.6. The average molecular weight is 272 g/mol. The van der Waals surface area contributed by atoms with E-state index in [9.17, 15) is 4.79 Å². The summed E-state index contributed by atoms with van der Waals surface area (Å²) in [6, 6.07) is 6.43. The minimum absolute atomic E-state index is 0.229. The van der Waals surface area contributed by atoms with Crippen LogP contribution in [-0.4, -0.2) is 5.78 Å². The number of rotatable bonds is 2. The van der Waals surface area contributed by atoms with Crippen LogP contribution in [0.3, 0.4) is 0 Å². The second-order valence-corrected chi connectivity index (χ2v) is 7.58. The van der Waals surface area contributed by atoms with Gasteiger partial charge < -0.3 is 0 Å². The Balaban J connectivity index is 2.17. The molecule has 1 aliphatic carbocycles. The molecule has 2 unspecified atom stereocenters. The normalized spacial score (nSPS) is 23.9. The summed E-state index contributed by atoms with van der Waals surface area (Å²) in [5.74, 6) is 1.38. The monoisotopic (exact) mass is 272 g/mol. The highest BCUT2D eigenvalue weighted by atomic mass is 16.1. The molecule has 1 aliphatic rings. The van der Waals surface area contributed by atoms with Crippen LogP contribution in [0.4, 0.5) is 0 Å². The molecule has 110 valence electrons. The van der Waals surface area contributed by atoms with E-state index in [0.29, 0.717) is 17.1 Å². The second-order valence-electron chi connectivity index (χ2n) is 7.58. The Bertz CT molecular complexity index is 473. The lowest BCUT2D eigenvalue weighted by Gasteiger charge is -2.37. The lowest BCUT2D eigenvalue weighted by molar-refractivity contribution is -0.126. The summed E-state index contributed by atoms with van der Waals surface area (Å²) in [5.41, 5.74) is 4.37. The van der Waals surface area contributed by atoms with Crippen molar-refractivity contribution >= 4 is 5.78 Å². The Labute approximate surface area is 123 Å². The Morgan fingerprint density at radius 1 is 1.15 bits per heavy atom. The Morgan fingerprint density at radius 3 is 2.30 bits per heavy atom. The smallest absolute Gasteiger partial charge is 0.136 e. The SMILES string of the molecule is Cc1cccc(C)c1CC1CC(C(C)(C)C)CCC1=O. The zero-order valence-electron chi connectivity index (χ0n) is 13.6. The molecule has 2 rings (SSSR count). The topological polar surface area (TPSA) is 17.1 Å². The molecule has 0 aromatic heterocycles. The van der Waals surface area contributed by atoms with Crippen LogP contribution in [0.2, 0.25) is 0 Å². The van der Waals surface area contributed by atoms with Crippen LogP contribution in [0, 0.1) is 31.1 Å². The number of carbonyl (C=O) groups excluding carboxylic acids is 1. The third-order valence-electron chi connectivity index (χ3n) is 5.08. The molecule has 20 heavy (non-hydrogen) atoms. The largest absolute Gasteiger partial charge is 0.299 e.